The van der Waals surface area contributed by atoms with Crippen molar-refractivity contribution in [2.45, 2.75) is 51.7 Å². The molecule has 3 heteroatoms. The first-order chi connectivity index (χ1) is 9.09. The molecule has 1 N–H and O–H groups in total. The highest BCUT2D eigenvalue weighted by molar-refractivity contribution is 5.21. The average molecular weight is 264 g/mol. The van der Waals surface area contributed by atoms with Gasteiger partial charge in [0.25, 0.3) is 0 Å². The lowest BCUT2D eigenvalue weighted by Gasteiger charge is -2.35. The molecule has 0 aromatic heterocycles. The van der Waals surface area contributed by atoms with Gasteiger partial charge in [-0.2, -0.15) is 0 Å². The third-order valence-corrected chi connectivity index (χ3v) is 4.11. The molecule has 0 amide bonds. The fourth-order valence-electron chi connectivity index (χ4n) is 2.98. The lowest BCUT2D eigenvalue weighted by molar-refractivity contribution is 0.147. The highest BCUT2D eigenvalue weighted by Crippen LogP contribution is 2.25. The van der Waals surface area contributed by atoms with Gasteiger partial charge in [0.15, 0.2) is 0 Å². The van der Waals surface area contributed by atoms with Crippen molar-refractivity contribution < 1.29 is 4.39 Å². The van der Waals surface area contributed by atoms with Crippen LogP contribution in [-0.2, 0) is 0 Å². The topological polar surface area (TPSA) is 15.3 Å². The Morgan fingerprint density at radius 3 is 2.63 bits per heavy atom. The van der Waals surface area contributed by atoms with Crippen LogP contribution in [0.3, 0.4) is 0 Å². The maximum absolute atomic E-state index is 13.9. The monoisotopic (exact) mass is 264 g/mol. The molecule has 1 aromatic carbocycles. The van der Waals surface area contributed by atoms with E-state index in [0.29, 0.717) is 12.1 Å². The third kappa shape index (κ3) is 3.54. The Morgan fingerprint density at radius 1 is 1.32 bits per heavy atom. The Morgan fingerprint density at radius 2 is 2.05 bits per heavy atom. The summed E-state index contributed by atoms with van der Waals surface area (Å²) in [5.74, 6) is -0.0972. The lowest BCUT2D eigenvalue weighted by atomic mass is 10.0. The fraction of sp³-hybridized carbons (Fsp3) is 0.625. The largest absolute Gasteiger partial charge is 0.313 e. The SMILES string of the molecule is CC(C)N(CC1CCCN1)C(C)c1ccccc1F. The smallest absolute Gasteiger partial charge is 0.127 e. The summed E-state index contributed by atoms with van der Waals surface area (Å²) in [5, 5.41) is 3.53. The molecule has 0 saturated carbocycles. The molecule has 0 radical (unpaired) electrons. The van der Waals surface area contributed by atoms with E-state index in [2.05, 4.69) is 31.0 Å². The van der Waals surface area contributed by atoms with Gasteiger partial charge in [-0.15, -0.1) is 0 Å². The van der Waals surface area contributed by atoms with Crippen molar-refractivity contribution in [1.82, 2.24) is 10.2 Å². The van der Waals surface area contributed by atoms with Crippen molar-refractivity contribution in [3.63, 3.8) is 0 Å². The van der Waals surface area contributed by atoms with Gasteiger partial charge in [-0.1, -0.05) is 18.2 Å². The van der Waals surface area contributed by atoms with Gasteiger partial charge in [-0.3, -0.25) is 4.90 Å². The normalized spacial score (nSPS) is 21.3. The Bertz CT molecular complexity index is 399. The molecular weight excluding hydrogens is 239 g/mol. The van der Waals surface area contributed by atoms with E-state index in [1.54, 1.807) is 12.1 Å². The van der Waals surface area contributed by atoms with Gasteiger partial charge in [0.2, 0.25) is 0 Å². The summed E-state index contributed by atoms with van der Waals surface area (Å²) in [7, 11) is 0. The van der Waals surface area contributed by atoms with Crippen LogP contribution in [0, 0.1) is 5.82 Å². The Kier molecular flexibility index (Phi) is 4.94. The number of nitrogens with zero attached hydrogens (tertiary/aromatic N) is 1. The molecule has 1 saturated heterocycles. The third-order valence-electron chi connectivity index (χ3n) is 4.11. The van der Waals surface area contributed by atoms with Gasteiger partial charge >= 0.3 is 0 Å². The van der Waals surface area contributed by atoms with Crippen molar-refractivity contribution in [2.24, 2.45) is 0 Å². The van der Waals surface area contributed by atoms with Crippen LogP contribution in [0.15, 0.2) is 24.3 Å². The molecule has 1 fully saturated rings. The van der Waals surface area contributed by atoms with Crippen molar-refractivity contribution in [2.75, 3.05) is 13.1 Å². The molecule has 0 spiro atoms. The van der Waals surface area contributed by atoms with Crippen LogP contribution in [0.5, 0.6) is 0 Å². The first-order valence-electron chi connectivity index (χ1n) is 7.33. The highest BCUT2D eigenvalue weighted by Gasteiger charge is 2.25. The number of halogens is 1. The van der Waals surface area contributed by atoms with E-state index >= 15 is 0 Å². The van der Waals surface area contributed by atoms with Crippen LogP contribution in [0.1, 0.15) is 45.2 Å². The second kappa shape index (κ2) is 6.49. The van der Waals surface area contributed by atoms with Crippen LogP contribution in [0.2, 0.25) is 0 Å². The molecule has 2 nitrogen and oxygen atoms in total. The van der Waals surface area contributed by atoms with Gasteiger partial charge < -0.3 is 5.32 Å². The number of benzene rings is 1. The van der Waals surface area contributed by atoms with Crippen LogP contribution in [0.4, 0.5) is 4.39 Å². The van der Waals surface area contributed by atoms with E-state index < -0.39 is 0 Å². The first kappa shape index (κ1) is 14.5. The van der Waals surface area contributed by atoms with Crippen molar-refractivity contribution >= 4 is 0 Å². The zero-order chi connectivity index (χ0) is 13.8. The molecule has 106 valence electrons. The van der Waals surface area contributed by atoms with Crippen LogP contribution >= 0.6 is 0 Å². The maximum atomic E-state index is 13.9. The molecule has 1 aromatic rings. The Hall–Kier alpha value is -0.930. The molecule has 1 heterocycles. The van der Waals surface area contributed by atoms with Gasteiger partial charge in [0, 0.05) is 30.2 Å². The Labute approximate surface area is 116 Å². The lowest BCUT2D eigenvalue weighted by Crippen LogP contribution is -2.42. The van der Waals surface area contributed by atoms with Crippen molar-refractivity contribution in [1.29, 1.82) is 0 Å². The van der Waals surface area contributed by atoms with E-state index in [1.165, 1.54) is 12.8 Å². The minimum Gasteiger partial charge on any atom is -0.313 e. The fourth-order valence-corrected chi connectivity index (χ4v) is 2.98. The number of hydrogen-bond donors (Lipinski definition) is 1. The summed E-state index contributed by atoms with van der Waals surface area (Å²) < 4.78 is 13.9. The maximum Gasteiger partial charge on any atom is 0.127 e. The molecular formula is C16H25FN2. The van der Waals surface area contributed by atoms with Crippen LogP contribution < -0.4 is 5.32 Å². The summed E-state index contributed by atoms with van der Waals surface area (Å²) in [5.41, 5.74) is 0.800. The van der Waals surface area contributed by atoms with E-state index in [0.717, 1.165) is 18.7 Å². The quantitative estimate of drug-likeness (QED) is 0.877. The molecule has 1 aliphatic rings. The van der Waals surface area contributed by atoms with Crippen molar-refractivity contribution in [3.8, 4) is 0 Å². The van der Waals surface area contributed by atoms with Gasteiger partial charge in [0.05, 0.1) is 0 Å². The molecule has 2 atom stereocenters. The minimum atomic E-state index is -0.0972. The summed E-state index contributed by atoms with van der Waals surface area (Å²) in [6.07, 6.45) is 2.48. The predicted molar refractivity (Wildman–Crippen MR) is 77.7 cm³/mol. The first-order valence-corrected chi connectivity index (χ1v) is 7.33. The second-order valence-electron chi connectivity index (χ2n) is 5.78. The van der Waals surface area contributed by atoms with E-state index in [-0.39, 0.29) is 11.9 Å². The van der Waals surface area contributed by atoms with E-state index in [9.17, 15) is 4.39 Å². The summed E-state index contributed by atoms with van der Waals surface area (Å²) in [4.78, 5) is 2.39. The van der Waals surface area contributed by atoms with Gasteiger partial charge in [0.1, 0.15) is 5.82 Å². The second-order valence-corrected chi connectivity index (χ2v) is 5.78. The van der Waals surface area contributed by atoms with Gasteiger partial charge in [-0.05, 0) is 46.2 Å². The molecule has 2 unspecified atom stereocenters. The molecule has 0 aliphatic carbocycles. The minimum absolute atomic E-state index is 0.0972. The summed E-state index contributed by atoms with van der Waals surface area (Å²) >= 11 is 0. The van der Waals surface area contributed by atoms with E-state index in [4.69, 9.17) is 0 Å². The van der Waals surface area contributed by atoms with Crippen molar-refractivity contribution in [3.05, 3.63) is 35.6 Å². The zero-order valence-electron chi connectivity index (χ0n) is 12.2. The molecule has 19 heavy (non-hydrogen) atoms. The Balaban J connectivity index is 2.11. The number of hydrogen-bond acceptors (Lipinski definition) is 2. The summed E-state index contributed by atoms with van der Waals surface area (Å²) in [6.45, 7) is 8.59. The average Bonchev–Trinajstić information content (AvgIpc) is 2.88. The standard InChI is InChI=1S/C16H25FN2/c1-12(2)19(11-14-7-6-10-18-14)13(3)15-8-4-5-9-16(15)17/h4-5,8-9,12-14,18H,6-7,10-11H2,1-3H3. The van der Waals surface area contributed by atoms with Gasteiger partial charge in [-0.25, -0.2) is 4.39 Å². The predicted octanol–water partition coefficient (Wildman–Crippen LogP) is 3.35. The number of rotatable bonds is 5. The van der Waals surface area contributed by atoms with E-state index in [1.807, 2.05) is 12.1 Å². The molecule has 2 rings (SSSR count). The molecule has 0 bridgehead atoms. The van der Waals surface area contributed by atoms with Crippen LogP contribution in [0.25, 0.3) is 0 Å². The summed E-state index contributed by atoms with van der Waals surface area (Å²) in [6, 6.07) is 8.21. The molecule has 1 aliphatic heterocycles. The highest BCUT2D eigenvalue weighted by atomic mass is 19.1. The number of nitrogens with one attached hydrogen (secondary N) is 1. The van der Waals surface area contributed by atoms with Crippen LogP contribution in [-0.4, -0.2) is 30.1 Å². The zero-order valence-corrected chi connectivity index (χ0v) is 12.2.